The molecule has 0 radical (unpaired) electrons. The standard InChI is InChI=1S/C15H16F3NS/c1-3-4-19-15(11-8-20-7-9(11)2)10-5-13(17)14(18)6-12(10)16/h5-8,15,19H,3-4H2,1-2H3. The van der Waals surface area contributed by atoms with Crippen LogP contribution >= 0.6 is 11.3 Å². The number of aryl methyl sites for hydroxylation is 1. The van der Waals surface area contributed by atoms with Crippen LogP contribution < -0.4 is 5.32 Å². The SMILES string of the molecule is CCCNC(c1cscc1C)c1cc(F)c(F)cc1F. The van der Waals surface area contributed by atoms with Crippen LogP contribution in [0.15, 0.2) is 22.9 Å². The quantitative estimate of drug-likeness (QED) is 0.798. The summed E-state index contributed by atoms with van der Waals surface area (Å²) in [4.78, 5) is 0. The molecule has 0 spiro atoms. The summed E-state index contributed by atoms with van der Waals surface area (Å²) < 4.78 is 40.5. The Morgan fingerprint density at radius 1 is 1.05 bits per heavy atom. The van der Waals surface area contributed by atoms with Gasteiger partial charge in [0.2, 0.25) is 0 Å². The van der Waals surface area contributed by atoms with E-state index in [2.05, 4.69) is 5.32 Å². The normalized spacial score (nSPS) is 12.7. The summed E-state index contributed by atoms with van der Waals surface area (Å²) >= 11 is 1.51. The van der Waals surface area contributed by atoms with Crippen molar-refractivity contribution in [1.82, 2.24) is 5.32 Å². The maximum Gasteiger partial charge on any atom is 0.161 e. The first-order valence-corrected chi connectivity index (χ1v) is 7.39. The van der Waals surface area contributed by atoms with Gasteiger partial charge in [-0.15, -0.1) is 0 Å². The molecule has 1 atom stereocenters. The molecule has 0 aliphatic rings. The fourth-order valence-corrected chi connectivity index (χ4v) is 2.98. The van der Waals surface area contributed by atoms with Crippen LogP contribution in [0.2, 0.25) is 0 Å². The molecule has 1 aromatic heterocycles. The fourth-order valence-electron chi connectivity index (χ4n) is 2.10. The Bertz CT molecular complexity index is 595. The minimum absolute atomic E-state index is 0.138. The van der Waals surface area contributed by atoms with Crippen molar-refractivity contribution in [2.75, 3.05) is 6.54 Å². The summed E-state index contributed by atoms with van der Waals surface area (Å²) in [7, 11) is 0. The van der Waals surface area contributed by atoms with E-state index in [9.17, 15) is 13.2 Å². The minimum atomic E-state index is -1.16. The maximum atomic E-state index is 14.0. The molecular formula is C15H16F3NS. The zero-order valence-electron chi connectivity index (χ0n) is 11.3. The van der Waals surface area contributed by atoms with E-state index in [4.69, 9.17) is 0 Å². The van der Waals surface area contributed by atoms with Crippen molar-refractivity contribution >= 4 is 11.3 Å². The molecule has 0 saturated heterocycles. The Hall–Kier alpha value is -1.33. The molecule has 0 aliphatic carbocycles. The van der Waals surface area contributed by atoms with Gasteiger partial charge in [-0.25, -0.2) is 13.2 Å². The van der Waals surface area contributed by atoms with Gasteiger partial charge in [0.25, 0.3) is 0 Å². The number of rotatable bonds is 5. The monoisotopic (exact) mass is 299 g/mol. The number of hydrogen-bond acceptors (Lipinski definition) is 2. The zero-order chi connectivity index (χ0) is 14.7. The average Bonchev–Trinajstić information content (AvgIpc) is 2.82. The number of nitrogens with one attached hydrogen (secondary N) is 1. The van der Waals surface area contributed by atoms with Gasteiger partial charge in [-0.2, -0.15) is 11.3 Å². The summed E-state index contributed by atoms with van der Waals surface area (Å²) in [5.41, 5.74) is 2.04. The lowest BCUT2D eigenvalue weighted by molar-refractivity contribution is 0.479. The van der Waals surface area contributed by atoms with Gasteiger partial charge in [0.1, 0.15) is 5.82 Å². The van der Waals surface area contributed by atoms with E-state index in [1.807, 2.05) is 24.6 Å². The van der Waals surface area contributed by atoms with E-state index in [1.54, 1.807) is 0 Å². The highest BCUT2D eigenvalue weighted by Crippen LogP contribution is 2.30. The van der Waals surface area contributed by atoms with Crippen LogP contribution in [0.5, 0.6) is 0 Å². The smallest absolute Gasteiger partial charge is 0.161 e. The van der Waals surface area contributed by atoms with Crippen LogP contribution in [0.4, 0.5) is 13.2 Å². The Morgan fingerprint density at radius 2 is 1.75 bits per heavy atom. The first-order valence-electron chi connectivity index (χ1n) is 6.45. The highest BCUT2D eigenvalue weighted by molar-refractivity contribution is 7.08. The molecule has 1 nitrogen and oxygen atoms in total. The molecule has 1 heterocycles. The summed E-state index contributed by atoms with van der Waals surface area (Å²) in [6.07, 6.45) is 0.866. The van der Waals surface area contributed by atoms with E-state index >= 15 is 0 Å². The molecule has 20 heavy (non-hydrogen) atoms. The minimum Gasteiger partial charge on any atom is -0.306 e. The van der Waals surface area contributed by atoms with Gasteiger partial charge in [-0.3, -0.25) is 0 Å². The summed E-state index contributed by atoms with van der Waals surface area (Å²) in [6.45, 7) is 4.58. The molecule has 5 heteroatoms. The summed E-state index contributed by atoms with van der Waals surface area (Å²) in [5.74, 6) is -2.93. The van der Waals surface area contributed by atoms with E-state index in [0.29, 0.717) is 12.6 Å². The lowest BCUT2D eigenvalue weighted by Crippen LogP contribution is -2.24. The number of halogens is 3. The number of benzene rings is 1. The van der Waals surface area contributed by atoms with Crippen LogP contribution in [-0.2, 0) is 0 Å². The molecule has 2 aromatic rings. The van der Waals surface area contributed by atoms with Crippen molar-refractivity contribution in [3.8, 4) is 0 Å². The molecule has 0 saturated carbocycles. The van der Waals surface area contributed by atoms with Crippen molar-refractivity contribution < 1.29 is 13.2 Å². The Balaban J connectivity index is 2.46. The highest BCUT2D eigenvalue weighted by atomic mass is 32.1. The predicted octanol–water partition coefficient (Wildman–Crippen LogP) is 4.56. The third-order valence-electron chi connectivity index (χ3n) is 3.16. The van der Waals surface area contributed by atoms with Gasteiger partial charge >= 0.3 is 0 Å². The van der Waals surface area contributed by atoms with Gasteiger partial charge in [-0.1, -0.05) is 6.92 Å². The predicted molar refractivity (Wildman–Crippen MR) is 75.5 cm³/mol. The molecule has 2 rings (SSSR count). The van der Waals surface area contributed by atoms with Gasteiger partial charge in [0.05, 0.1) is 6.04 Å². The van der Waals surface area contributed by atoms with Crippen LogP contribution in [0.1, 0.15) is 36.1 Å². The third-order valence-corrected chi connectivity index (χ3v) is 4.03. The van der Waals surface area contributed by atoms with Crippen molar-refractivity contribution in [2.45, 2.75) is 26.3 Å². The lowest BCUT2D eigenvalue weighted by atomic mass is 9.97. The molecule has 0 amide bonds. The van der Waals surface area contributed by atoms with Crippen molar-refractivity contribution in [1.29, 1.82) is 0 Å². The first kappa shape index (κ1) is 15.1. The molecule has 108 valence electrons. The summed E-state index contributed by atoms with van der Waals surface area (Å²) in [6, 6.07) is 1.08. The Labute approximate surface area is 120 Å². The van der Waals surface area contributed by atoms with Crippen LogP contribution in [0.3, 0.4) is 0 Å². The van der Waals surface area contributed by atoms with E-state index in [0.717, 1.165) is 23.6 Å². The third kappa shape index (κ3) is 3.04. The number of hydrogen-bond donors (Lipinski definition) is 1. The van der Waals surface area contributed by atoms with Gasteiger partial charge in [-0.05, 0) is 47.8 Å². The van der Waals surface area contributed by atoms with E-state index < -0.39 is 23.5 Å². The molecular weight excluding hydrogens is 283 g/mol. The van der Waals surface area contributed by atoms with Crippen LogP contribution in [0, 0.1) is 24.4 Å². The van der Waals surface area contributed by atoms with Gasteiger partial charge in [0.15, 0.2) is 11.6 Å². The maximum absolute atomic E-state index is 14.0. The van der Waals surface area contributed by atoms with Crippen molar-refractivity contribution in [3.05, 3.63) is 57.0 Å². The second-order valence-corrected chi connectivity index (χ2v) is 5.43. The van der Waals surface area contributed by atoms with Gasteiger partial charge in [0, 0.05) is 11.6 Å². The largest absolute Gasteiger partial charge is 0.306 e. The number of thiophene rings is 1. The average molecular weight is 299 g/mol. The topological polar surface area (TPSA) is 12.0 Å². The molecule has 1 unspecified atom stereocenters. The highest BCUT2D eigenvalue weighted by Gasteiger charge is 2.22. The Morgan fingerprint density at radius 3 is 2.35 bits per heavy atom. The van der Waals surface area contributed by atoms with Crippen molar-refractivity contribution in [3.63, 3.8) is 0 Å². The van der Waals surface area contributed by atoms with Crippen molar-refractivity contribution in [2.24, 2.45) is 0 Å². The molecule has 0 aliphatic heterocycles. The zero-order valence-corrected chi connectivity index (χ0v) is 12.2. The van der Waals surface area contributed by atoms with E-state index in [1.165, 1.54) is 11.3 Å². The second-order valence-electron chi connectivity index (χ2n) is 4.69. The molecule has 0 bridgehead atoms. The van der Waals surface area contributed by atoms with Crippen LogP contribution in [0.25, 0.3) is 0 Å². The molecule has 1 aromatic carbocycles. The van der Waals surface area contributed by atoms with Gasteiger partial charge < -0.3 is 5.32 Å². The Kier molecular flexibility index (Phi) is 4.83. The first-order chi connectivity index (χ1) is 9.54. The van der Waals surface area contributed by atoms with Crippen LogP contribution in [-0.4, -0.2) is 6.54 Å². The molecule has 0 fully saturated rings. The second kappa shape index (κ2) is 6.41. The lowest BCUT2D eigenvalue weighted by Gasteiger charge is -2.20. The summed E-state index contributed by atoms with van der Waals surface area (Å²) in [5, 5.41) is 7.05. The molecule has 1 N–H and O–H groups in total. The van der Waals surface area contributed by atoms with E-state index in [-0.39, 0.29) is 5.56 Å². The fraction of sp³-hybridized carbons (Fsp3) is 0.333.